The van der Waals surface area contributed by atoms with E-state index in [9.17, 15) is 18.0 Å². The van der Waals surface area contributed by atoms with Crippen LogP contribution in [0.25, 0.3) is 0 Å². The molecule has 20 heavy (non-hydrogen) atoms. The number of ether oxygens (including phenoxy) is 1. The van der Waals surface area contributed by atoms with Crippen molar-refractivity contribution in [1.29, 1.82) is 0 Å². The number of benzene rings is 1. The van der Waals surface area contributed by atoms with Crippen molar-refractivity contribution in [2.75, 3.05) is 6.61 Å². The molecule has 0 radical (unpaired) electrons. The van der Waals surface area contributed by atoms with Gasteiger partial charge in [-0.15, -0.1) is 0 Å². The second kappa shape index (κ2) is 5.34. The van der Waals surface area contributed by atoms with Crippen LogP contribution < -0.4 is 5.14 Å². The lowest BCUT2D eigenvalue weighted by molar-refractivity contribution is -0.144. The van der Waals surface area contributed by atoms with Crippen molar-refractivity contribution in [2.24, 2.45) is 17.0 Å². The highest BCUT2D eigenvalue weighted by atomic mass is 32.2. The van der Waals surface area contributed by atoms with Gasteiger partial charge in [-0.1, -0.05) is 6.92 Å². The summed E-state index contributed by atoms with van der Waals surface area (Å²) in [4.78, 5) is 23.2. The van der Waals surface area contributed by atoms with Gasteiger partial charge < -0.3 is 4.74 Å². The van der Waals surface area contributed by atoms with Crippen LogP contribution in [0.4, 0.5) is 0 Å². The van der Waals surface area contributed by atoms with E-state index in [-0.39, 0.29) is 34.7 Å². The first-order chi connectivity index (χ1) is 9.29. The van der Waals surface area contributed by atoms with E-state index >= 15 is 0 Å². The number of primary sulfonamides is 1. The van der Waals surface area contributed by atoms with Gasteiger partial charge in [-0.05, 0) is 36.6 Å². The summed E-state index contributed by atoms with van der Waals surface area (Å²) in [6.07, 6.45) is 0.802. The molecule has 0 spiro atoms. The molecule has 0 unspecified atom stereocenters. The second-order valence-electron chi connectivity index (χ2n) is 4.92. The zero-order chi connectivity index (χ0) is 14.9. The van der Waals surface area contributed by atoms with E-state index in [2.05, 4.69) is 0 Å². The number of carbonyl (C=O) groups excluding carboxylic acids is 2. The molecule has 108 valence electrons. The maximum atomic E-state index is 11.8. The first kappa shape index (κ1) is 14.7. The lowest BCUT2D eigenvalue weighted by Crippen LogP contribution is -2.16. The topological polar surface area (TPSA) is 104 Å². The number of rotatable bonds is 5. The Hall–Kier alpha value is -1.73. The SMILES string of the molecule is C[C@H]1C[C@@H]1C(=O)OCC(=O)c1ccc(S(N)(=O)=O)cc1. The van der Waals surface area contributed by atoms with Crippen LogP contribution in [0.1, 0.15) is 23.7 Å². The summed E-state index contributed by atoms with van der Waals surface area (Å²) in [5, 5.41) is 4.95. The molecule has 1 aliphatic rings. The molecule has 0 amide bonds. The fourth-order valence-electron chi connectivity index (χ4n) is 1.81. The van der Waals surface area contributed by atoms with Crippen LogP contribution in [0, 0.1) is 11.8 Å². The molecule has 7 heteroatoms. The Morgan fingerprint density at radius 3 is 2.30 bits per heavy atom. The molecular formula is C13H15NO5S. The minimum atomic E-state index is -3.78. The number of hydrogen-bond acceptors (Lipinski definition) is 5. The lowest BCUT2D eigenvalue weighted by Gasteiger charge is -2.04. The first-order valence-electron chi connectivity index (χ1n) is 6.11. The number of ketones is 1. The highest BCUT2D eigenvalue weighted by molar-refractivity contribution is 7.89. The molecular weight excluding hydrogens is 282 g/mol. The molecule has 1 fully saturated rings. The van der Waals surface area contributed by atoms with Gasteiger partial charge in [0.1, 0.15) is 0 Å². The molecule has 2 rings (SSSR count). The number of esters is 1. The maximum Gasteiger partial charge on any atom is 0.309 e. The largest absolute Gasteiger partial charge is 0.457 e. The Labute approximate surface area is 117 Å². The van der Waals surface area contributed by atoms with Crippen LogP contribution in [0.5, 0.6) is 0 Å². The van der Waals surface area contributed by atoms with Crippen molar-refractivity contribution in [3.63, 3.8) is 0 Å². The van der Waals surface area contributed by atoms with Gasteiger partial charge in [0.25, 0.3) is 0 Å². The van der Waals surface area contributed by atoms with Crippen LogP contribution in [-0.2, 0) is 19.6 Å². The zero-order valence-corrected chi connectivity index (χ0v) is 11.7. The summed E-state index contributed by atoms with van der Waals surface area (Å²) < 4.78 is 27.0. The Kier molecular flexibility index (Phi) is 3.92. The summed E-state index contributed by atoms with van der Waals surface area (Å²) in [7, 11) is -3.78. The van der Waals surface area contributed by atoms with E-state index in [1.165, 1.54) is 24.3 Å². The Morgan fingerprint density at radius 1 is 1.30 bits per heavy atom. The Morgan fingerprint density at radius 2 is 1.85 bits per heavy atom. The molecule has 1 saturated carbocycles. The number of sulfonamides is 1. The van der Waals surface area contributed by atoms with Crippen molar-refractivity contribution >= 4 is 21.8 Å². The van der Waals surface area contributed by atoms with E-state index in [1.54, 1.807) is 0 Å². The molecule has 1 aliphatic carbocycles. The molecule has 1 aromatic rings. The van der Waals surface area contributed by atoms with Crippen molar-refractivity contribution in [3.8, 4) is 0 Å². The van der Waals surface area contributed by atoms with Crippen molar-refractivity contribution in [2.45, 2.75) is 18.2 Å². The van der Waals surface area contributed by atoms with E-state index in [0.29, 0.717) is 5.92 Å². The Bertz CT molecular complexity index is 635. The van der Waals surface area contributed by atoms with Gasteiger partial charge >= 0.3 is 5.97 Å². The Balaban J connectivity index is 1.94. The third kappa shape index (κ3) is 3.43. The second-order valence-corrected chi connectivity index (χ2v) is 6.48. The number of carbonyl (C=O) groups is 2. The average Bonchev–Trinajstić information content (AvgIpc) is 3.12. The molecule has 6 nitrogen and oxygen atoms in total. The lowest BCUT2D eigenvalue weighted by atomic mass is 10.1. The zero-order valence-electron chi connectivity index (χ0n) is 10.9. The van der Waals surface area contributed by atoms with Gasteiger partial charge in [0.05, 0.1) is 10.8 Å². The van der Waals surface area contributed by atoms with Crippen LogP contribution in [0.2, 0.25) is 0 Å². The monoisotopic (exact) mass is 297 g/mol. The molecule has 2 N–H and O–H groups in total. The third-order valence-corrected chi connectivity index (χ3v) is 4.19. The average molecular weight is 297 g/mol. The van der Waals surface area contributed by atoms with Crippen molar-refractivity contribution < 1.29 is 22.7 Å². The van der Waals surface area contributed by atoms with Crippen molar-refractivity contribution in [3.05, 3.63) is 29.8 Å². The van der Waals surface area contributed by atoms with E-state index in [0.717, 1.165) is 6.42 Å². The van der Waals surface area contributed by atoms with Crippen LogP contribution in [-0.4, -0.2) is 26.8 Å². The van der Waals surface area contributed by atoms with Gasteiger partial charge in [0.15, 0.2) is 12.4 Å². The summed E-state index contributed by atoms with van der Waals surface area (Å²) in [5.74, 6) is -0.501. The summed E-state index contributed by atoms with van der Waals surface area (Å²) >= 11 is 0. The molecule has 0 aliphatic heterocycles. The van der Waals surface area contributed by atoms with Gasteiger partial charge in [-0.2, -0.15) is 0 Å². The summed E-state index contributed by atoms with van der Waals surface area (Å²) in [5.41, 5.74) is 0.272. The van der Waals surface area contributed by atoms with Crippen LogP contribution in [0.15, 0.2) is 29.2 Å². The van der Waals surface area contributed by atoms with Crippen LogP contribution >= 0.6 is 0 Å². The number of hydrogen-bond donors (Lipinski definition) is 1. The van der Waals surface area contributed by atoms with Crippen LogP contribution in [0.3, 0.4) is 0 Å². The quantitative estimate of drug-likeness (QED) is 0.637. The maximum absolute atomic E-state index is 11.8. The van der Waals surface area contributed by atoms with E-state index in [4.69, 9.17) is 9.88 Å². The number of nitrogens with two attached hydrogens (primary N) is 1. The summed E-state index contributed by atoms with van der Waals surface area (Å²) in [6.45, 7) is 1.61. The minimum absolute atomic E-state index is 0.0714. The van der Waals surface area contributed by atoms with E-state index < -0.39 is 10.0 Å². The standard InChI is InChI=1S/C13H15NO5S/c1-8-6-11(8)13(16)19-7-12(15)9-2-4-10(5-3-9)20(14,17)18/h2-5,8,11H,6-7H2,1H3,(H2,14,17,18)/t8-,11-/m0/s1. The third-order valence-electron chi connectivity index (χ3n) is 3.26. The van der Waals surface area contributed by atoms with Gasteiger partial charge in [-0.25, -0.2) is 13.6 Å². The molecule has 2 atom stereocenters. The molecule has 0 bridgehead atoms. The molecule has 0 heterocycles. The predicted molar refractivity (Wildman–Crippen MR) is 70.4 cm³/mol. The highest BCUT2D eigenvalue weighted by Crippen LogP contribution is 2.38. The fourth-order valence-corrected chi connectivity index (χ4v) is 2.32. The van der Waals surface area contributed by atoms with Gasteiger partial charge in [0.2, 0.25) is 10.0 Å². The molecule has 0 aromatic heterocycles. The predicted octanol–water partition coefficient (Wildman–Crippen LogP) is 0.716. The minimum Gasteiger partial charge on any atom is -0.457 e. The molecule has 1 aromatic carbocycles. The number of Topliss-reactive ketones (excluding diaryl/α,β-unsaturated/α-hetero) is 1. The molecule has 0 saturated heterocycles. The highest BCUT2D eigenvalue weighted by Gasteiger charge is 2.40. The summed E-state index contributed by atoms with van der Waals surface area (Å²) in [6, 6.07) is 5.17. The first-order valence-corrected chi connectivity index (χ1v) is 7.66. The smallest absolute Gasteiger partial charge is 0.309 e. The van der Waals surface area contributed by atoms with Crippen molar-refractivity contribution in [1.82, 2.24) is 0 Å². The normalized spacial score (nSPS) is 21.3. The van der Waals surface area contributed by atoms with Gasteiger partial charge in [0, 0.05) is 5.56 Å². The van der Waals surface area contributed by atoms with Gasteiger partial charge in [-0.3, -0.25) is 9.59 Å². The fraction of sp³-hybridized carbons (Fsp3) is 0.385. The van der Waals surface area contributed by atoms with E-state index in [1.807, 2.05) is 6.92 Å².